The van der Waals surface area contributed by atoms with Gasteiger partial charge in [-0.3, -0.25) is 0 Å². The van der Waals surface area contributed by atoms with Gasteiger partial charge in [0.2, 0.25) is 0 Å². The van der Waals surface area contributed by atoms with Gasteiger partial charge in [-0.15, -0.1) is 0 Å². The van der Waals surface area contributed by atoms with Crippen LogP contribution in [0.5, 0.6) is 0 Å². The highest BCUT2D eigenvalue weighted by molar-refractivity contribution is 8.00. The van der Waals surface area contributed by atoms with Crippen molar-refractivity contribution in [3.63, 3.8) is 0 Å². The van der Waals surface area contributed by atoms with E-state index >= 15 is 0 Å². The normalized spacial score (nSPS) is 17.5. The van der Waals surface area contributed by atoms with Crippen LogP contribution in [0.25, 0.3) is 0 Å². The summed E-state index contributed by atoms with van der Waals surface area (Å²) in [6.07, 6.45) is 2.23. The summed E-state index contributed by atoms with van der Waals surface area (Å²) in [5.41, 5.74) is -0.0944. The summed E-state index contributed by atoms with van der Waals surface area (Å²) in [6.45, 7) is 0.546. The summed E-state index contributed by atoms with van der Waals surface area (Å²) in [4.78, 5) is 23.0. The molecule has 1 aromatic carbocycles. The Labute approximate surface area is 136 Å². The van der Waals surface area contributed by atoms with Gasteiger partial charge in [0.15, 0.2) is 0 Å². The Hall–Kier alpha value is -1.11. The molecule has 0 radical (unpaired) electrons. The van der Waals surface area contributed by atoms with Crippen molar-refractivity contribution >= 4 is 52.7 Å². The molecule has 0 aromatic heterocycles. The number of nitrogens with one attached hydrogen (secondary N) is 2. The molecule has 3 N–H and O–H groups in total. The van der Waals surface area contributed by atoms with Crippen molar-refractivity contribution in [2.75, 3.05) is 17.6 Å². The Bertz CT molecular complexity index is 563. The fourth-order valence-electron chi connectivity index (χ4n) is 2.04. The molecule has 0 aliphatic carbocycles. The van der Waals surface area contributed by atoms with Crippen molar-refractivity contribution in [2.24, 2.45) is 0 Å². The van der Waals surface area contributed by atoms with E-state index in [9.17, 15) is 9.59 Å². The zero-order valence-corrected chi connectivity index (χ0v) is 13.3. The van der Waals surface area contributed by atoms with E-state index in [1.54, 1.807) is 0 Å². The van der Waals surface area contributed by atoms with E-state index in [1.807, 2.05) is 11.8 Å². The lowest BCUT2D eigenvalue weighted by Gasteiger charge is -2.14. The highest BCUT2D eigenvalue weighted by Crippen LogP contribution is 2.30. The van der Waals surface area contributed by atoms with E-state index in [0.717, 1.165) is 18.6 Å². The Kier molecular flexibility index (Phi) is 5.61. The van der Waals surface area contributed by atoms with E-state index in [4.69, 9.17) is 28.3 Å². The van der Waals surface area contributed by atoms with Crippen LogP contribution in [0.4, 0.5) is 10.5 Å². The Morgan fingerprint density at radius 2 is 2.14 bits per heavy atom. The number of carboxylic acid groups (broad SMARTS) is 1. The molecule has 21 heavy (non-hydrogen) atoms. The van der Waals surface area contributed by atoms with Gasteiger partial charge < -0.3 is 15.7 Å². The molecule has 0 spiro atoms. The lowest BCUT2D eigenvalue weighted by atomic mass is 10.2. The molecule has 114 valence electrons. The van der Waals surface area contributed by atoms with Crippen LogP contribution >= 0.6 is 35.0 Å². The number of carbonyl (C=O) groups excluding carboxylic acids is 1. The molecular weight excluding hydrogens is 335 g/mol. The molecule has 0 saturated carbocycles. The summed E-state index contributed by atoms with van der Waals surface area (Å²) < 4.78 is 0. The van der Waals surface area contributed by atoms with Crippen molar-refractivity contribution in [3.05, 3.63) is 27.7 Å². The van der Waals surface area contributed by atoms with Gasteiger partial charge in [-0.05, 0) is 30.7 Å². The topological polar surface area (TPSA) is 78.4 Å². The number of hydrogen-bond acceptors (Lipinski definition) is 3. The Balaban J connectivity index is 2.04. The monoisotopic (exact) mass is 348 g/mol. The summed E-state index contributed by atoms with van der Waals surface area (Å²) >= 11 is 13.6. The first-order valence-electron chi connectivity index (χ1n) is 6.36. The second kappa shape index (κ2) is 7.24. The summed E-state index contributed by atoms with van der Waals surface area (Å²) in [7, 11) is 0. The third-order valence-electron chi connectivity index (χ3n) is 3.04. The molecule has 2 rings (SSSR count). The minimum Gasteiger partial charge on any atom is -0.478 e. The van der Waals surface area contributed by atoms with E-state index in [1.165, 1.54) is 12.1 Å². The van der Waals surface area contributed by atoms with Crippen LogP contribution < -0.4 is 10.6 Å². The van der Waals surface area contributed by atoms with Gasteiger partial charge in [0.25, 0.3) is 0 Å². The first kappa shape index (κ1) is 16.3. The van der Waals surface area contributed by atoms with Crippen molar-refractivity contribution < 1.29 is 14.7 Å². The molecular formula is C13H14Cl2N2O3S. The zero-order chi connectivity index (χ0) is 15.4. The molecule has 1 aliphatic heterocycles. The Morgan fingerprint density at radius 1 is 1.38 bits per heavy atom. The van der Waals surface area contributed by atoms with Crippen molar-refractivity contribution in [2.45, 2.75) is 18.1 Å². The molecule has 2 amide bonds. The van der Waals surface area contributed by atoms with E-state index in [-0.39, 0.29) is 21.3 Å². The third kappa shape index (κ3) is 4.43. The average molecular weight is 349 g/mol. The molecule has 1 aliphatic rings. The van der Waals surface area contributed by atoms with Gasteiger partial charge in [0.05, 0.1) is 16.3 Å². The van der Waals surface area contributed by atoms with Gasteiger partial charge in [0, 0.05) is 16.8 Å². The molecule has 5 nitrogen and oxygen atoms in total. The van der Waals surface area contributed by atoms with Crippen LogP contribution in [0, 0.1) is 0 Å². The largest absolute Gasteiger partial charge is 0.478 e. The van der Waals surface area contributed by atoms with Crippen LogP contribution in [0.3, 0.4) is 0 Å². The number of anilines is 1. The van der Waals surface area contributed by atoms with E-state index in [2.05, 4.69) is 10.6 Å². The lowest BCUT2D eigenvalue weighted by Crippen LogP contribution is -2.34. The summed E-state index contributed by atoms with van der Waals surface area (Å²) in [5.74, 6) is -0.0961. The quantitative estimate of drug-likeness (QED) is 0.774. The SMILES string of the molecule is O=C(NCC1CCCS1)Nc1c(Cl)cc(Cl)cc1C(=O)O. The summed E-state index contributed by atoms with van der Waals surface area (Å²) in [6, 6.07) is 2.16. The van der Waals surface area contributed by atoms with Gasteiger partial charge in [-0.2, -0.15) is 11.8 Å². The first-order chi connectivity index (χ1) is 9.97. The van der Waals surface area contributed by atoms with Crippen molar-refractivity contribution in [1.29, 1.82) is 0 Å². The van der Waals surface area contributed by atoms with Crippen LogP contribution in [0.2, 0.25) is 10.0 Å². The number of thioether (sulfide) groups is 1. The lowest BCUT2D eigenvalue weighted by molar-refractivity contribution is 0.0698. The molecule has 1 saturated heterocycles. The number of urea groups is 1. The van der Waals surface area contributed by atoms with Crippen LogP contribution in [0.15, 0.2) is 12.1 Å². The van der Waals surface area contributed by atoms with Gasteiger partial charge in [-0.1, -0.05) is 23.2 Å². The zero-order valence-electron chi connectivity index (χ0n) is 11.0. The summed E-state index contributed by atoms with van der Waals surface area (Å²) in [5, 5.41) is 15.0. The molecule has 1 heterocycles. The number of halogens is 2. The number of carbonyl (C=O) groups is 2. The number of benzene rings is 1. The van der Waals surface area contributed by atoms with E-state index in [0.29, 0.717) is 11.8 Å². The number of hydrogen-bond donors (Lipinski definition) is 3. The fraction of sp³-hybridized carbons (Fsp3) is 0.385. The van der Waals surface area contributed by atoms with Crippen molar-refractivity contribution in [1.82, 2.24) is 5.32 Å². The molecule has 1 fully saturated rings. The highest BCUT2D eigenvalue weighted by atomic mass is 35.5. The van der Waals surface area contributed by atoms with E-state index < -0.39 is 12.0 Å². The predicted octanol–water partition coefficient (Wildman–Crippen LogP) is 3.71. The number of rotatable bonds is 4. The minimum atomic E-state index is -1.21. The van der Waals surface area contributed by atoms with Gasteiger partial charge in [0.1, 0.15) is 0 Å². The average Bonchev–Trinajstić information content (AvgIpc) is 2.92. The second-order valence-corrected chi connectivity index (χ2v) is 6.84. The van der Waals surface area contributed by atoms with Crippen molar-refractivity contribution in [3.8, 4) is 0 Å². The number of carboxylic acids is 1. The van der Waals surface area contributed by atoms with Crippen LogP contribution in [-0.2, 0) is 0 Å². The highest BCUT2D eigenvalue weighted by Gasteiger charge is 2.19. The standard InChI is InChI=1S/C13H14Cl2N2O3S/c14-7-4-9(12(18)19)11(10(15)5-7)17-13(20)16-6-8-2-1-3-21-8/h4-5,8H,1-3,6H2,(H,18,19)(H2,16,17,20). The predicted molar refractivity (Wildman–Crippen MR) is 85.9 cm³/mol. The van der Waals surface area contributed by atoms with Crippen LogP contribution in [0.1, 0.15) is 23.2 Å². The third-order valence-corrected chi connectivity index (χ3v) is 4.95. The smallest absolute Gasteiger partial charge is 0.337 e. The van der Waals surface area contributed by atoms with Gasteiger partial charge >= 0.3 is 12.0 Å². The maximum atomic E-state index is 11.9. The van der Waals surface area contributed by atoms with Crippen LogP contribution in [-0.4, -0.2) is 34.7 Å². The number of amides is 2. The fourth-order valence-corrected chi connectivity index (χ4v) is 3.78. The molecule has 0 bridgehead atoms. The molecule has 1 atom stereocenters. The second-order valence-electron chi connectivity index (χ2n) is 4.59. The first-order valence-corrected chi connectivity index (χ1v) is 8.16. The maximum absolute atomic E-state index is 11.9. The number of aromatic carboxylic acids is 1. The Morgan fingerprint density at radius 3 is 2.76 bits per heavy atom. The maximum Gasteiger partial charge on any atom is 0.337 e. The molecule has 1 aromatic rings. The minimum absolute atomic E-state index is 0.0464. The van der Waals surface area contributed by atoms with Gasteiger partial charge in [-0.25, -0.2) is 9.59 Å². The molecule has 8 heteroatoms. The molecule has 1 unspecified atom stereocenters.